The largest absolute Gasteiger partial charge is 0.497 e. The molecule has 11 heteroatoms. The number of rotatable bonds is 12. The molecule has 2 aliphatic heterocycles. The van der Waals surface area contributed by atoms with Crippen molar-refractivity contribution >= 4 is 31.4 Å². The first-order chi connectivity index (χ1) is 21.6. The number of hydrogen-bond donors (Lipinski definition) is 1. The minimum Gasteiger partial charge on any atom is -0.497 e. The van der Waals surface area contributed by atoms with Gasteiger partial charge in [0, 0.05) is 25.6 Å². The Labute approximate surface area is 271 Å². The van der Waals surface area contributed by atoms with Crippen molar-refractivity contribution in [3.05, 3.63) is 71.1 Å². The van der Waals surface area contributed by atoms with E-state index in [2.05, 4.69) is 5.32 Å². The third kappa shape index (κ3) is 8.99. The molecule has 4 atom stereocenters. The van der Waals surface area contributed by atoms with Gasteiger partial charge in [-0.3, -0.25) is 4.79 Å². The number of halogens is 1. The average molecular weight is 638 g/mol. The zero-order chi connectivity index (χ0) is 33.8. The lowest BCUT2D eigenvalue weighted by atomic mass is 9.95. The van der Waals surface area contributed by atoms with Gasteiger partial charge < -0.3 is 33.7 Å². The fraction of sp³-hybridized carbons (Fsp3) is 0.486. The number of cyclic esters (lactones) is 1. The fourth-order valence-corrected chi connectivity index (χ4v) is 5.31. The van der Waals surface area contributed by atoms with E-state index in [1.54, 1.807) is 59.1 Å². The molecule has 2 heterocycles. The molecule has 0 aromatic heterocycles. The van der Waals surface area contributed by atoms with Gasteiger partial charge in [-0.05, 0) is 67.5 Å². The van der Waals surface area contributed by atoms with Gasteiger partial charge in [-0.15, -0.1) is 0 Å². The van der Waals surface area contributed by atoms with Gasteiger partial charge in [-0.25, -0.2) is 9.18 Å². The maximum absolute atomic E-state index is 16.1. The summed E-state index contributed by atoms with van der Waals surface area (Å²) in [6, 6.07) is 10.7. The second kappa shape index (κ2) is 14.4. The van der Waals surface area contributed by atoms with Crippen LogP contribution in [0.3, 0.4) is 0 Å². The molecule has 0 unspecified atom stereocenters. The summed E-state index contributed by atoms with van der Waals surface area (Å²) in [6.07, 6.45) is 3.06. The number of hydrogen-bond acceptors (Lipinski definition) is 8. The Hall–Kier alpha value is -3.67. The van der Waals surface area contributed by atoms with E-state index in [1.165, 1.54) is 7.85 Å². The number of methoxy groups -OCH3 is 1. The first-order valence-corrected chi connectivity index (χ1v) is 15.6. The summed E-state index contributed by atoms with van der Waals surface area (Å²) in [5, 5.41) is 2.75. The van der Waals surface area contributed by atoms with Crippen LogP contribution in [0, 0.1) is 11.8 Å². The molecule has 0 saturated carbocycles. The van der Waals surface area contributed by atoms with E-state index < -0.39 is 41.7 Å². The number of carbonyl (C=O) groups excluding carboxylic acids is 2. The van der Waals surface area contributed by atoms with Crippen LogP contribution in [0.2, 0.25) is 0 Å². The second-order valence-corrected chi connectivity index (χ2v) is 13.0. The molecule has 248 valence electrons. The Morgan fingerprint density at radius 2 is 1.76 bits per heavy atom. The Bertz CT molecular complexity index is 1470. The molecule has 2 aliphatic rings. The summed E-state index contributed by atoms with van der Waals surface area (Å²) in [7, 11) is 3.00. The van der Waals surface area contributed by atoms with Crippen molar-refractivity contribution in [1.82, 2.24) is 0 Å². The highest BCUT2D eigenvalue weighted by molar-refractivity contribution is 6.60. The zero-order valence-electron chi connectivity index (χ0n) is 28.1. The summed E-state index contributed by atoms with van der Waals surface area (Å²) in [5.74, 6) is -2.19. The average Bonchev–Trinajstić information content (AvgIpc) is 3.25. The van der Waals surface area contributed by atoms with Crippen molar-refractivity contribution in [2.24, 2.45) is 11.8 Å². The lowest BCUT2D eigenvalue weighted by Gasteiger charge is -2.32. The number of benzene rings is 2. The minimum atomic E-state index is -1.17. The van der Waals surface area contributed by atoms with E-state index in [9.17, 15) is 9.59 Å². The zero-order valence-corrected chi connectivity index (χ0v) is 28.1. The molecule has 1 N–H and O–H groups in total. The van der Waals surface area contributed by atoms with Crippen molar-refractivity contribution in [2.75, 3.05) is 12.4 Å². The van der Waals surface area contributed by atoms with Gasteiger partial charge >= 0.3 is 5.97 Å². The lowest BCUT2D eigenvalue weighted by Crippen LogP contribution is -2.39. The molecule has 4 rings (SSSR count). The van der Waals surface area contributed by atoms with Crippen molar-refractivity contribution in [3.63, 3.8) is 0 Å². The van der Waals surface area contributed by atoms with Crippen LogP contribution in [0.25, 0.3) is 6.08 Å². The summed E-state index contributed by atoms with van der Waals surface area (Å²) < 4.78 is 51.5. The van der Waals surface area contributed by atoms with E-state index in [4.69, 9.17) is 28.4 Å². The second-order valence-electron chi connectivity index (χ2n) is 13.0. The number of ether oxygens (including phenoxy) is 6. The summed E-state index contributed by atoms with van der Waals surface area (Å²) in [4.78, 5) is 24.8. The predicted molar refractivity (Wildman–Crippen MR) is 176 cm³/mol. The molecule has 2 aromatic rings. The molecule has 0 spiro atoms. The number of amides is 1. The summed E-state index contributed by atoms with van der Waals surface area (Å²) >= 11 is 0. The topological polar surface area (TPSA) is 102 Å². The molecule has 1 amide bonds. The normalized spacial score (nSPS) is 21.8. The molecule has 2 aromatic carbocycles. The van der Waals surface area contributed by atoms with Crippen LogP contribution in [0.5, 0.6) is 11.5 Å². The van der Waals surface area contributed by atoms with Crippen LogP contribution in [-0.4, -0.2) is 56.6 Å². The molecular formula is C35H45BFNO8. The van der Waals surface area contributed by atoms with E-state index in [1.807, 2.05) is 51.1 Å². The first-order valence-electron chi connectivity index (χ1n) is 15.6. The van der Waals surface area contributed by atoms with Gasteiger partial charge in [0.1, 0.15) is 35.1 Å². The third-order valence-electron chi connectivity index (χ3n) is 7.87. The van der Waals surface area contributed by atoms with Crippen molar-refractivity contribution in [2.45, 2.75) is 91.4 Å². The number of allylic oxidation sites excluding steroid dienone is 1. The standard InChI is InChI=1S/C35H45BFNO8/c1-20(2)21(3)16-26(37)30(42-19-22-12-14-25(41-8)15-13-22)31-27(43-34(4,5)45-31)11-9-10-23-17-24(38-33(36)40)18-28-29(23)32(39)46-35(6,7)44-28/h9-10,12-18,20-21,27,30-31H,11,19,36H2,1-8H3,(H,38,40)/b10-9+,26-16+/t21-,27+,30-,31+/m1/s1. The lowest BCUT2D eigenvalue weighted by molar-refractivity contribution is -0.158. The number of anilines is 1. The molecule has 0 bridgehead atoms. The number of esters is 1. The number of carbonyl (C=O) groups is 2. The van der Waals surface area contributed by atoms with Gasteiger partial charge in [0.2, 0.25) is 13.6 Å². The van der Waals surface area contributed by atoms with Gasteiger partial charge in [0.25, 0.3) is 0 Å². The van der Waals surface area contributed by atoms with Crippen LogP contribution < -0.4 is 14.8 Å². The molecular weight excluding hydrogens is 592 g/mol. The fourth-order valence-electron chi connectivity index (χ4n) is 5.31. The van der Waals surface area contributed by atoms with Crippen LogP contribution in [-0.2, 0) is 25.6 Å². The van der Waals surface area contributed by atoms with E-state index in [0.29, 0.717) is 29.2 Å². The summed E-state index contributed by atoms with van der Waals surface area (Å²) in [5.41, 5.74) is 2.05. The predicted octanol–water partition coefficient (Wildman–Crippen LogP) is 6.80. The quantitative estimate of drug-likeness (QED) is 0.200. The SMILES string of the molecule is BC(=O)Nc1cc(/C=C/C[C@@H]2OC(C)(C)O[C@@H]2[C@H](OCc2ccc(OC)cc2)/C(F)=C\[C@@H](C)C(C)C)c2c(c1)OC(C)(C)OC2=O. The highest BCUT2D eigenvalue weighted by Gasteiger charge is 2.46. The molecule has 0 radical (unpaired) electrons. The van der Waals surface area contributed by atoms with Gasteiger partial charge in [0.05, 0.1) is 19.8 Å². The van der Waals surface area contributed by atoms with Gasteiger partial charge in [0.15, 0.2) is 11.6 Å². The van der Waals surface area contributed by atoms with E-state index in [0.717, 1.165) is 5.56 Å². The smallest absolute Gasteiger partial charge is 0.345 e. The molecule has 0 aliphatic carbocycles. The molecule has 1 saturated heterocycles. The van der Waals surface area contributed by atoms with Crippen molar-refractivity contribution in [1.29, 1.82) is 0 Å². The first kappa shape index (κ1) is 35.2. The monoisotopic (exact) mass is 637 g/mol. The van der Waals surface area contributed by atoms with Crippen molar-refractivity contribution in [3.8, 4) is 11.5 Å². The summed E-state index contributed by atoms with van der Waals surface area (Å²) in [6.45, 7) is 13.0. The van der Waals surface area contributed by atoms with Crippen molar-refractivity contribution < 1.29 is 42.4 Å². The molecule has 46 heavy (non-hydrogen) atoms. The van der Waals surface area contributed by atoms with Crippen LogP contribution in [0.15, 0.2) is 54.4 Å². The van der Waals surface area contributed by atoms with E-state index in [-0.39, 0.29) is 29.8 Å². The Morgan fingerprint density at radius 3 is 2.39 bits per heavy atom. The minimum absolute atomic E-state index is 0.0326. The highest BCUT2D eigenvalue weighted by atomic mass is 19.1. The Balaban J connectivity index is 1.63. The van der Waals surface area contributed by atoms with Gasteiger partial charge in [-0.1, -0.05) is 45.1 Å². The molecule has 1 fully saturated rings. The van der Waals surface area contributed by atoms with Crippen LogP contribution in [0.4, 0.5) is 14.9 Å². The molecule has 9 nitrogen and oxygen atoms in total. The van der Waals surface area contributed by atoms with Gasteiger partial charge in [-0.2, -0.15) is 0 Å². The van der Waals surface area contributed by atoms with Crippen LogP contribution in [0.1, 0.15) is 76.4 Å². The Kier molecular flexibility index (Phi) is 11.0. The number of nitrogens with one attached hydrogen (secondary N) is 1. The highest BCUT2D eigenvalue weighted by Crippen LogP contribution is 2.39. The maximum Gasteiger partial charge on any atom is 0.345 e. The number of fused-ring (bicyclic) bond motifs is 1. The maximum atomic E-state index is 16.1. The van der Waals surface area contributed by atoms with Crippen LogP contribution >= 0.6 is 0 Å². The van der Waals surface area contributed by atoms with E-state index >= 15 is 4.39 Å². The Morgan fingerprint density at radius 1 is 1.07 bits per heavy atom. The third-order valence-corrected chi connectivity index (χ3v) is 7.87.